The van der Waals surface area contributed by atoms with Crippen molar-refractivity contribution in [1.82, 2.24) is 15.2 Å². The van der Waals surface area contributed by atoms with Crippen LogP contribution in [-0.4, -0.2) is 60.4 Å². The summed E-state index contributed by atoms with van der Waals surface area (Å²) in [7, 11) is 1.57. The number of nitrogen functional groups attached to an aromatic ring is 1. The van der Waals surface area contributed by atoms with Crippen LogP contribution in [0.3, 0.4) is 0 Å². The Labute approximate surface area is 129 Å². The van der Waals surface area contributed by atoms with Crippen LogP contribution < -0.4 is 21.1 Å². The number of pyridine rings is 1. The zero-order chi connectivity index (χ0) is 15.9. The van der Waals surface area contributed by atoms with Gasteiger partial charge in [-0.3, -0.25) is 0 Å². The van der Waals surface area contributed by atoms with E-state index in [4.69, 9.17) is 15.6 Å². The summed E-state index contributed by atoms with van der Waals surface area (Å²) < 4.78 is 5.08. The van der Waals surface area contributed by atoms with Gasteiger partial charge >= 0.3 is 6.09 Å². The van der Waals surface area contributed by atoms with Crippen LogP contribution in [-0.2, 0) is 0 Å². The first kappa shape index (κ1) is 16.2. The van der Waals surface area contributed by atoms with Crippen LogP contribution >= 0.6 is 0 Å². The van der Waals surface area contributed by atoms with Crippen LogP contribution in [0.4, 0.5) is 16.3 Å². The first-order chi connectivity index (χ1) is 10.6. The van der Waals surface area contributed by atoms with Gasteiger partial charge in [0.1, 0.15) is 0 Å². The van der Waals surface area contributed by atoms with Gasteiger partial charge in [-0.2, -0.15) is 4.98 Å². The average Bonchev–Trinajstić information content (AvgIpc) is 2.50. The number of amides is 1. The number of piperidine rings is 1. The van der Waals surface area contributed by atoms with Crippen molar-refractivity contribution in [2.75, 3.05) is 44.3 Å². The Balaban J connectivity index is 1.72. The predicted molar refractivity (Wildman–Crippen MR) is 84.3 cm³/mol. The molecule has 0 bridgehead atoms. The number of nitrogens with two attached hydrogens (primary N) is 1. The molecule has 2 rings (SSSR count). The second-order valence-corrected chi connectivity index (χ2v) is 5.28. The van der Waals surface area contributed by atoms with Gasteiger partial charge in [-0.05, 0) is 18.9 Å². The Hall–Kier alpha value is -2.22. The molecular weight excluding hydrogens is 286 g/mol. The van der Waals surface area contributed by atoms with Crippen molar-refractivity contribution in [3.05, 3.63) is 12.1 Å². The minimum atomic E-state index is -0.945. The summed E-state index contributed by atoms with van der Waals surface area (Å²) in [4.78, 5) is 17.2. The first-order valence-electron chi connectivity index (χ1n) is 7.34. The molecule has 1 fully saturated rings. The number of ether oxygens (including phenoxy) is 1. The Bertz CT molecular complexity index is 503. The minimum Gasteiger partial charge on any atom is -0.481 e. The number of hydrogen-bond donors (Lipinski definition) is 4. The van der Waals surface area contributed by atoms with E-state index >= 15 is 0 Å². The maximum absolute atomic E-state index is 10.6. The van der Waals surface area contributed by atoms with Gasteiger partial charge in [-0.1, -0.05) is 0 Å². The SMILES string of the molecule is COc1ccc(N)c(NCCN2CCC(NC(=O)O)CC2)n1. The molecule has 1 amide bonds. The number of carbonyl (C=O) groups is 1. The van der Waals surface area contributed by atoms with Crippen LogP contribution in [0.1, 0.15) is 12.8 Å². The third-order valence-corrected chi connectivity index (χ3v) is 3.75. The lowest BCUT2D eigenvalue weighted by atomic mass is 10.1. The Morgan fingerprint density at radius 2 is 2.23 bits per heavy atom. The molecule has 1 saturated heterocycles. The van der Waals surface area contributed by atoms with Crippen molar-refractivity contribution in [1.29, 1.82) is 0 Å². The maximum atomic E-state index is 10.6. The molecule has 22 heavy (non-hydrogen) atoms. The lowest BCUT2D eigenvalue weighted by Crippen LogP contribution is -2.45. The Morgan fingerprint density at radius 3 is 2.86 bits per heavy atom. The molecule has 0 saturated carbocycles. The van der Waals surface area contributed by atoms with Gasteiger partial charge in [0.05, 0.1) is 12.8 Å². The lowest BCUT2D eigenvalue weighted by Gasteiger charge is -2.31. The van der Waals surface area contributed by atoms with Gasteiger partial charge in [0.15, 0.2) is 5.82 Å². The van der Waals surface area contributed by atoms with E-state index in [1.54, 1.807) is 19.2 Å². The highest BCUT2D eigenvalue weighted by atomic mass is 16.5. The molecule has 122 valence electrons. The molecule has 0 aliphatic carbocycles. The Morgan fingerprint density at radius 1 is 1.50 bits per heavy atom. The molecule has 1 aliphatic heterocycles. The van der Waals surface area contributed by atoms with E-state index in [0.717, 1.165) is 39.0 Å². The molecule has 1 aliphatic rings. The fraction of sp³-hybridized carbons (Fsp3) is 0.571. The van der Waals surface area contributed by atoms with Crippen molar-refractivity contribution < 1.29 is 14.6 Å². The molecule has 0 atom stereocenters. The number of hydrogen-bond acceptors (Lipinski definition) is 6. The largest absolute Gasteiger partial charge is 0.481 e. The van der Waals surface area contributed by atoms with Crippen LogP contribution in [0, 0.1) is 0 Å². The second-order valence-electron chi connectivity index (χ2n) is 5.28. The number of aromatic nitrogens is 1. The zero-order valence-electron chi connectivity index (χ0n) is 12.7. The van der Waals surface area contributed by atoms with E-state index in [9.17, 15) is 4.79 Å². The van der Waals surface area contributed by atoms with E-state index in [1.807, 2.05) is 0 Å². The topological polar surface area (TPSA) is 113 Å². The molecule has 0 aromatic carbocycles. The van der Waals surface area contributed by atoms with E-state index < -0.39 is 6.09 Å². The summed E-state index contributed by atoms with van der Waals surface area (Å²) in [5, 5.41) is 14.5. The molecule has 0 unspecified atom stereocenters. The summed E-state index contributed by atoms with van der Waals surface area (Å²) in [6.07, 6.45) is 0.734. The highest BCUT2D eigenvalue weighted by molar-refractivity contribution is 5.64. The summed E-state index contributed by atoms with van der Waals surface area (Å²) >= 11 is 0. The van der Waals surface area contributed by atoms with Gasteiger partial charge in [-0.25, -0.2) is 4.79 Å². The van der Waals surface area contributed by atoms with Crippen LogP contribution in [0.15, 0.2) is 12.1 Å². The number of carboxylic acid groups (broad SMARTS) is 1. The minimum absolute atomic E-state index is 0.0670. The van der Waals surface area contributed by atoms with Crippen LogP contribution in [0.25, 0.3) is 0 Å². The fourth-order valence-corrected chi connectivity index (χ4v) is 2.52. The number of anilines is 2. The lowest BCUT2D eigenvalue weighted by molar-refractivity contribution is 0.170. The molecule has 5 N–H and O–H groups in total. The van der Waals surface area contributed by atoms with E-state index in [1.165, 1.54) is 0 Å². The highest BCUT2D eigenvalue weighted by Crippen LogP contribution is 2.19. The van der Waals surface area contributed by atoms with Crippen molar-refractivity contribution in [3.63, 3.8) is 0 Å². The zero-order valence-corrected chi connectivity index (χ0v) is 12.7. The average molecular weight is 309 g/mol. The van der Waals surface area contributed by atoms with Crippen molar-refractivity contribution in [2.45, 2.75) is 18.9 Å². The summed E-state index contributed by atoms with van der Waals surface area (Å²) in [5.74, 6) is 1.15. The monoisotopic (exact) mass is 309 g/mol. The third-order valence-electron chi connectivity index (χ3n) is 3.75. The van der Waals surface area contributed by atoms with Crippen molar-refractivity contribution in [3.8, 4) is 5.88 Å². The number of nitrogens with zero attached hydrogens (tertiary/aromatic N) is 2. The summed E-state index contributed by atoms with van der Waals surface area (Å²) in [6, 6.07) is 3.55. The molecular formula is C14H23N5O3. The second kappa shape index (κ2) is 7.69. The fourth-order valence-electron chi connectivity index (χ4n) is 2.52. The maximum Gasteiger partial charge on any atom is 0.404 e. The number of rotatable bonds is 6. The van der Waals surface area contributed by atoms with Gasteiger partial charge < -0.3 is 31.1 Å². The summed E-state index contributed by atoms with van der Waals surface area (Å²) in [6.45, 7) is 3.35. The number of likely N-dealkylation sites (tertiary alicyclic amines) is 1. The standard InChI is InChI=1S/C14H23N5O3/c1-22-12-3-2-11(15)13(18-12)16-6-9-19-7-4-10(5-8-19)17-14(20)21/h2-3,10,17H,4-9,15H2,1H3,(H,16,18)(H,20,21). The van der Waals surface area contributed by atoms with Crippen molar-refractivity contribution in [2.24, 2.45) is 0 Å². The molecule has 1 aromatic rings. The smallest absolute Gasteiger partial charge is 0.404 e. The van der Waals surface area contributed by atoms with Gasteiger partial charge in [0, 0.05) is 38.3 Å². The van der Waals surface area contributed by atoms with E-state index in [2.05, 4.69) is 20.5 Å². The number of nitrogens with one attached hydrogen (secondary N) is 2. The first-order valence-corrected chi connectivity index (χ1v) is 7.34. The predicted octanol–water partition coefficient (Wildman–Crippen LogP) is 0.816. The quantitative estimate of drug-likeness (QED) is 0.615. The summed E-state index contributed by atoms with van der Waals surface area (Å²) in [5.41, 5.74) is 6.46. The molecule has 0 radical (unpaired) electrons. The molecule has 2 heterocycles. The molecule has 8 heteroatoms. The molecule has 0 spiro atoms. The van der Waals surface area contributed by atoms with Crippen LogP contribution in [0.5, 0.6) is 5.88 Å². The number of methoxy groups -OCH3 is 1. The Kier molecular flexibility index (Phi) is 5.65. The van der Waals surface area contributed by atoms with Crippen molar-refractivity contribution >= 4 is 17.6 Å². The normalized spacial score (nSPS) is 16.2. The van der Waals surface area contributed by atoms with E-state index in [0.29, 0.717) is 17.4 Å². The van der Waals surface area contributed by atoms with Gasteiger partial charge in [-0.15, -0.1) is 0 Å². The third kappa shape index (κ3) is 4.66. The molecule has 8 nitrogen and oxygen atoms in total. The van der Waals surface area contributed by atoms with Gasteiger partial charge in [0.25, 0.3) is 0 Å². The molecule has 1 aromatic heterocycles. The van der Waals surface area contributed by atoms with Gasteiger partial charge in [0.2, 0.25) is 5.88 Å². The van der Waals surface area contributed by atoms with Crippen LogP contribution in [0.2, 0.25) is 0 Å². The highest BCUT2D eigenvalue weighted by Gasteiger charge is 2.19. The van der Waals surface area contributed by atoms with E-state index in [-0.39, 0.29) is 6.04 Å².